The van der Waals surface area contributed by atoms with Gasteiger partial charge in [0.2, 0.25) is 0 Å². The standard InChI is InChI=1S/C26H23ClN2O5S/c1-4-32-26(31)22-14-28-25(35-22)18-11-9-17(10-12-18)24-20(15(2)29-34-24)13-23(30)33-16(3)19-7-5-6-8-21(19)27/h5-12,14,16H,4,13H2,1-3H3. The Morgan fingerprint density at radius 2 is 1.83 bits per heavy atom. The number of hydrogen-bond acceptors (Lipinski definition) is 8. The molecule has 1 unspecified atom stereocenters. The fourth-order valence-electron chi connectivity index (χ4n) is 3.54. The Balaban J connectivity index is 1.49. The summed E-state index contributed by atoms with van der Waals surface area (Å²) in [7, 11) is 0. The average Bonchev–Trinajstić information content (AvgIpc) is 3.47. The second-order valence-electron chi connectivity index (χ2n) is 7.73. The maximum Gasteiger partial charge on any atom is 0.349 e. The van der Waals surface area contributed by atoms with Crippen LogP contribution in [0.2, 0.25) is 5.02 Å². The smallest absolute Gasteiger partial charge is 0.349 e. The van der Waals surface area contributed by atoms with Crippen LogP contribution in [0.15, 0.2) is 59.3 Å². The summed E-state index contributed by atoms with van der Waals surface area (Å²) in [6.07, 6.45) is 1.03. The summed E-state index contributed by atoms with van der Waals surface area (Å²) in [5, 5.41) is 5.30. The van der Waals surface area contributed by atoms with Crippen molar-refractivity contribution in [3.05, 3.63) is 81.4 Å². The SMILES string of the molecule is CCOC(=O)c1cnc(-c2ccc(-c3onc(C)c3CC(=O)OC(C)c3ccccc3Cl)cc2)s1. The van der Waals surface area contributed by atoms with Gasteiger partial charge in [0.25, 0.3) is 0 Å². The first-order valence-corrected chi connectivity index (χ1v) is 12.2. The second-order valence-corrected chi connectivity index (χ2v) is 9.17. The first-order chi connectivity index (χ1) is 16.9. The van der Waals surface area contributed by atoms with Crippen LogP contribution in [0.3, 0.4) is 0 Å². The number of ether oxygens (including phenoxy) is 2. The molecule has 0 fully saturated rings. The monoisotopic (exact) mass is 510 g/mol. The van der Waals surface area contributed by atoms with E-state index in [9.17, 15) is 9.59 Å². The molecule has 4 aromatic rings. The molecule has 0 N–H and O–H groups in total. The maximum absolute atomic E-state index is 12.7. The van der Waals surface area contributed by atoms with Crippen molar-refractivity contribution in [1.29, 1.82) is 0 Å². The molecular weight excluding hydrogens is 488 g/mol. The van der Waals surface area contributed by atoms with E-state index in [4.69, 9.17) is 25.6 Å². The molecule has 0 spiro atoms. The van der Waals surface area contributed by atoms with Crippen LogP contribution in [0, 0.1) is 6.92 Å². The van der Waals surface area contributed by atoms with Crippen molar-refractivity contribution >= 4 is 34.9 Å². The van der Waals surface area contributed by atoms with Crippen LogP contribution in [0.5, 0.6) is 0 Å². The Bertz CT molecular complexity index is 1350. The molecule has 35 heavy (non-hydrogen) atoms. The number of nitrogens with zero attached hydrogens (tertiary/aromatic N) is 2. The van der Waals surface area contributed by atoms with Gasteiger partial charge in [-0.25, -0.2) is 9.78 Å². The van der Waals surface area contributed by atoms with Gasteiger partial charge in [0.15, 0.2) is 5.76 Å². The quantitative estimate of drug-likeness (QED) is 0.251. The van der Waals surface area contributed by atoms with Crippen molar-refractivity contribution in [2.45, 2.75) is 33.3 Å². The zero-order valence-corrected chi connectivity index (χ0v) is 21.0. The molecule has 2 aromatic heterocycles. The van der Waals surface area contributed by atoms with Crippen LogP contribution in [0.1, 0.15) is 46.4 Å². The van der Waals surface area contributed by atoms with Crippen molar-refractivity contribution in [2.75, 3.05) is 6.61 Å². The number of aromatic nitrogens is 2. The Hall–Kier alpha value is -3.49. The molecule has 180 valence electrons. The average molecular weight is 511 g/mol. The molecule has 9 heteroatoms. The van der Waals surface area contributed by atoms with Gasteiger partial charge >= 0.3 is 11.9 Å². The molecule has 0 radical (unpaired) electrons. The summed E-state index contributed by atoms with van der Waals surface area (Å²) in [6.45, 7) is 5.64. The third kappa shape index (κ3) is 5.61. The minimum absolute atomic E-state index is 0.0105. The van der Waals surface area contributed by atoms with Gasteiger partial charge in [-0.3, -0.25) is 4.79 Å². The van der Waals surface area contributed by atoms with E-state index in [-0.39, 0.29) is 12.4 Å². The van der Waals surface area contributed by atoms with E-state index in [2.05, 4.69) is 10.1 Å². The first kappa shape index (κ1) is 24.6. The highest BCUT2D eigenvalue weighted by molar-refractivity contribution is 7.16. The Morgan fingerprint density at radius 3 is 2.54 bits per heavy atom. The lowest BCUT2D eigenvalue weighted by Crippen LogP contribution is -2.12. The van der Waals surface area contributed by atoms with Crippen LogP contribution < -0.4 is 0 Å². The lowest BCUT2D eigenvalue weighted by Gasteiger charge is -2.15. The van der Waals surface area contributed by atoms with Gasteiger partial charge in [-0.05, 0) is 26.8 Å². The van der Waals surface area contributed by atoms with Crippen molar-refractivity contribution in [2.24, 2.45) is 0 Å². The number of thiazole rings is 1. The summed E-state index contributed by atoms with van der Waals surface area (Å²) < 4.78 is 16.2. The predicted molar refractivity (Wildman–Crippen MR) is 133 cm³/mol. The van der Waals surface area contributed by atoms with Gasteiger partial charge in [0.05, 0.1) is 24.9 Å². The highest BCUT2D eigenvalue weighted by atomic mass is 35.5. The summed E-state index contributed by atoms with van der Waals surface area (Å²) >= 11 is 7.48. The number of halogens is 1. The maximum atomic E-state index is 12.7. The Kier molecular flexibility index (Phi) is 7.63. The molecule has 0 aliphatic rings. The molecule has 0 amide bonds. The molecule has 0 aliphatic heterocycles. The van der Waals surface area contributed by atoms with E-state index in [1.807, 2.05) is 42.5 Å². The molecular formula is C26H23ClN2O5S. The minimum atomic E-state index is -0.489. The molecule has 0 saturated heterocycles. The number of carbonyl (C=O) groups is 2. The minimum Gasteiger partial charge on any atom is -0.462 e. The zero-order chi connectivity index (χ0) is 24.9. The highest BCUT2D eigenvalue weighted by Crippen LogP contribution is 2.32. The molecule has 4 rings (SSSR count). The molecule has 7 nitrogen and oxygen atoms in total. The van der Waals surface area contributed by atoms with Crippen molar-refractivity contribution in [1.82, 2.24) is 10.1 Å². The van der Waals surface area contributed by atoms with E-state index < -0.39 is 12.1 Å². The van der Waals surface area contributed by atoms with E-state index in [1.54, 1.807) is 26.8 Å². The number of aryl methyl sites for hydroxylation is 1. The van der Waals surface area contributed by atoms with Gasteiger partial charge in [0.1, 0.15) is 16.0 Å². The molecule has 1 atom stereocenters. The van der Waals surface area contributed by atoms with E-state index in [0.29, 0.717) is 38.5 Å². The summed E-state index contributed by atoms with van der Waals surface area (Å²) in [5.41, 5.74) is 3.63. The van der Waals surface area contributed by atoms with Gasteiger partial charge in [-0.1, -0.05) is 59.2 Å². The second kappa shape index (κ2) is 10.8. The van der Waals surface area contributed by atoms with E-state index >= 15 is 0 Å². The van der Waals surface area contributed by atoms with Gasteiger partial charge < -0.3 is 14.0 Å². The predicted octanol–water partition coefficient (Wildman–Crippen LogP) is 6.45. The Morgan fingerprint density at radius 1 is 1.11 bits per heavy atom. The number of hydrogen-bond donors (Lipinski definition) is 0. The topological polar surface area (TPSA) is 91.5 Å². The molecule has 0 bridgehead atoms. The van der Waals surface area contributed by atoms with Crippen LogP contribution >= 0.6 is 22.9 Å². The third-order valence-corrected chi connectivity index (χ3v) is 6.70. The number of carbonyl (C=O) groups excluding carboxylic acids is 2. The van der Waals surface area contributed by atoms with Crippen LogP contribution in [-0.2, 0) is 20.7 Å². The normalized spacial score (nSPS) is 11.8. The van der Waals surface area contributed by atoms with Crippen LogP contribution in [0.25, 0.3) is 21.9 Å². The fraction of sp³-hybridized carbons (Fsp3) is 0.231. The molecule has 2 aromatic carbocycles. The molecule has 0 saturated carbocycles. The first-order valence-electron chi connectivity index (χ1n) is 11.0. The third-order valence-electron chi connectivity index (χ3n) is 5.33. The van der Waals surface area contributed by atoms with Crippen molar-refractivity contribution in [3.63, 3.8) is 0 Å². The van der Waals surface area contributed by atoms with Crippen molar-refractivity contribution in [3.8, 4) is 21.9 Å². The highest BCUT2D eigenvalue weighted by Gasteiger charge is 2.21. The lowest BCUT2D eigenvalue weighted by atomic mass is 10.0. The van der Waals surface area contributed by atoms with E-state index in [1.165, 1.54) is 17.5 Å². The summed E-state index contributed by atoms with van der Waals surface area (Å²) in [4.78, 5) is 29.4. The molecule has 2 heterocycles. The van der Waals surface area contributed by atoms with Crippen molar-refractivity contribution < 1.29 is 23.6 Å². The lowest BCUT2D eigenvalue weighted by molar-refractivity contribution is -0.147. The number of esters is 2. The molecule has 0 aliphatic carbocycles. The van der Waals surface area contributed by atoms with E-state index in [0.717, 1.165) is 16.7 Å². The summed E-state index contributed by atoms with van der Waals surface area (Å²) in [5.74, 6) is -0.288. The van der Waals surface area contributed by atoms with Gasteiger partial charge in [-0.2, -0.15) is 0 Å². The largest absolute Gasteiger partial charge is 0.462 e. The van der Waals surface area contributed by atoms with Gasteiger partial charge in [-0.15, -0.1) is 11.3 Å². The Labute approximate surface area is 211 Å². The fourth-order valence-corrected chi connectivity index (χ4v) is 4.65. The van der Waals surface area contributed by atoms with Crippen LogP contribution in [-0.4, -0.2) is 28.7 Å². The number of benzene rings is 2. The van der Waals surface area contributed by atoms with Gasteiger partial charge in [0, 0.05) is 27.3 Å². The van der Waals surface area contributed by atoms with Crippen LogP contribution in [0.4, 0.5) is 0 Å². The summed E-state index contributed by atoms with van der Waals surface area (Å²) in [6, 6.07) is 14.7. The zero-order valence-electron chi connectivity index (χ0n) is 19.4. The number of rotatable bonds is 8.